The SMILES string of the molecule is CC(C)(C)OC(=O)C[C@@H](CS(=O)(=O)c1ccccc1)NC(=O)[C@@H]1CCCN(C(=O)CCC2CCN(C(=O)OC(C)(C)C)CC2)C1. The van der Waals surface area contributed by atoms with Crippen LogP contribution in [0.25, 0.3) is 0 Å². The lowest BCUT2D eigenvalue weighted by Crippen LogP contribution is -2.49. The minimum Gasteiger partial charge on any atom is -0.460 e. The lowest BCUT2D eigenvalue weighted by atomic mass is 9.91. The van der Waals surface area contributed by atoms with Crippen molar-refractivity contribution in [1.82, 2.24) is 15.1 Å². The number of sulfone groups is 1. The molecule has 11 nitrogen and oxygen atoms in total. The van der Waals surface area contributed by atoms with Crippen LogP contribution in [-0.2, 0) is 33.7 Å². The summed E-state index contributed by atoms with van der Waals surface area (Å²) < 4.78 is 37.2. The number of nitrogens with zero attached hydrogens (tertiary/aromatic N) is 2. The highest BCUT2D eigenvalue weighted by atomic mass is 32.2. The fourth-order valence-corrected chi connectivity index (χ4v) is 7.17. The van der Waals surface area contributed by atoms with Gasteiger partial charge in [0.25, 0.3) is 0 Å². The van der Waals surface area contributed by atoms with Crippen LogP contribution in [0.4, 0.5) is 4.79 Å². The summed E-state index contributed by atoms with van der Waals surface area (Å²) in [7, 11) is -3.80. The molecule has 3 rings (SSSR count). The van der Waals surface area contributed by atoms with Gasteiger partial charge >= 0.3 is 12.1 Å². The zero-order valence-corrected chi connectivity index (χ0v) is 28.5. The Morgan fingerprint density at radius 2 is 1.51 bits per heavy atom. The minimum atomic E-state index is -3.80. The zero-order chi connectivity index (χ0) is 33.4. The molecule has 1 aromatic rings. The fraction of sp³-hybridized carbons (Fsp3) is 0.697. The first-order valence-electron chi connectivity index (χ1n) is 16.0. The molecule has 45 heavy (non-hydrogen) atoms. The van der Waals surface area contributed by atoms with Crippen LogP contribution in [0.1, 0.15) is 86.5 Å². The molecule has 2 aliphatic rings. The van der Waals surface area contributed by atoms with Gasteiger partial charge in [-0.3, -0.25) is 14.4 Å². The molecule has 12 heteroatoms. The summed E-state index contributed by atoms with van der Waals surface area (Å²) in [4.78, 5) is 55.1. The number of likely N-dealkylation sites (tertiary alicyclic amines) is 2. The first kappa shape index (κ1) is 36.3. The number of piperidine rings is 2. The predicted octanol–water partition coefficient (Wildman–Crippen LogP) is 4.34. The number of carbonyl (C=O) groups excluding carboxylic acids is 4. The third-order valence-electron chi connectivity index (χ3n) is 7.88. The molecule has 2 heterocycles. The number of hydrogen-bond donors (Lipinski definition) is 1. The highest BCUT2D eigenvalue weighted by Crippen LogP contribution is 2.25. The maximum atomic E-state index is 13.4. The van der Waals surface area contributed by atoms with Crippen molar-refractivity contribution in [3.05, 3.63) is 30.3 Å². The molecule has 2 fully saturated rings. The lowest BCUT2D eigenvalue weighted by molar-refractivity contribution is -0.155. The molecule has 0 aromatic heterocycles. The van der Waals surface area contributed by atoms with E-state index in [1.165, 1.54) is 12.1 Å². The van der Waals surface area contributed by atoms with Gasteiger partial charge in [0, 0.05) is 32.6 Å². The summed E-state index contributed by atoms with van der Waals surface area (Å²) >= 11 is 0. The number of esters is 1. The molecule has 0 aliphatic carbocycles. The summed E-state index contributed by atoms with van der Waals surface area (Å²) in [5.74, 6) is -1.63. The molecule has 0 spiro atoms. The van der Waals surface area contributed by atoms with E-state index in [4.69, 9.17) is 9.47 Å². The Bertz CT molecular complexity index is 1280. The number of rotatable bonds is 10. The summed E-state index contributed by atoms with van der Waals surface area (Å²) in [5.41, 5.74) is -1.30. The van der Waals surface area contributed by atoms with Gasteiger partial charge in [-0.05, 0) is 91.7 Å². The van der Waals surface area contributed by atoms with Crippen molar-refractivity contribution < 1.29 is 37.1 Å². The standard InChI is InChI=1S/C33H51N3O8S/c1-32(2,3)43-29(38)21-26(23-45(41,42)27-12-8-7-9-13-27)34-30(39)25-11-10-18-36(22-25)28(37)15-14-24-16-19-35(20-17-24)31(40)44-33(4,5)6/h7-9,12-13,24-26H,10-11,14-23H2,1-6H3,(H,34,39)/t25-,26+/m1/s1. The Hall–Kier alpha value is -3.15. The largest absolute Gasteiger partial charge is 0.460 e. The molecule has 2 aliphatic heterocycles. The molecule has 0 saturated carbocycles. The monoisotopic (exact) mass is 649 g/mol. The van der Waals surface area contributed by atoms with Gasteiger partial charge in [-0.2, -0.15) is 0 Å². The number of amides is 3. The third-order valence-corrected chi connectivity index (χ3v) is 9.71. The van der Waals surface area contributed by atoms with E-state index in [0.29, 0.717) is 51.2 Å². The molecular weight excluding hydrogens is 598 g/mol. The first-order valence-corrected chi connectivity index (χ1v) is 17.6. The van der Waals surface area contributed by atoms with Gasteiger partial charge in [0.2, 0.25) is 11.8 Å². The van der Waals surface area contributed by atoms with Crippen LogP contribution in [0.3, 0.4) is 0 Å². The molecule has 2 atom stereocenters. The molecule has 0 unspecified atom stereocenters. The van der Waals surface area contributed by atoms with Crippen LogP contribution in [0.15, 0.2) is 35.2 Å². The van der Waals surface area contributed by atoms with Crippen LogP contribution in [-0.4, -0.2) is 91.3 Å². The number of benzene rings is 1. The van der Waals surface area contributed by atoms with Gasteiger partial charge in [0.05, 0.1) is 29.0 Å². The number of hydrogen-bond acceptors (Lipinski definition) is 8. The zero-order valence-electron chi connectivity index (χ0n) is 27.7. The maximum Gasteiger partial charge on any atom is 0.410 e. The van der Waals surface area contributed by atoms with Gasteiger partial charge in [-0.25, -0.2) is 13.2 Å². The highest BCUT2D eigenvalue weighted by molar-refractivity contribution is 7.91. The van der Waals surface area contributed by atoms with Crippen LogP contribution in [0.2, 0.25) is 0 Å². The molecule has 252 valence electrons. The van der Waals surface area contributed by atoms with Crippen molar-refractivity contribution in [1.29, 1.82) is 0 Å². The second-order valence-electron chi connectivity index (χ2n) is 14.2. The Balaban J connectivity index is 1.55. The second kappa shape index (κ2) is 15.4. The maximum absolute atomic E-state index is 13.4. The van der Waals surface area contributed by atoms with Crippen LogP contribution in [0, 0.1) is 11.8 Å². The Morgan fingerprint density at radius 1 is 0.889 bits per heavy atom. The van der Waals surface area contributed by atoms with Gasteiger partial charge in [-0.15, -0.1) is 0 Å². The molecule has 0 radical (unpaired) electrons. The van der Waals surface area contributed by atoms with E-state index in [-0.39, 0.29) is 35.8 Å². The van der Waals surface area contributed by atoms with Gasteiger partial charge < -0.3 is 24.6 Å². The molecule has 1 N–H and O–H groups in total. The van der Waals surface area contributed by atoms with Gasteiger partial charge in [-0.1, -0.05) is 18.2 Å². The third kappa shape index (κ3) is 12.3. The summed E-state index contributed by atoms with van der Waals surface area (Å²) in [6, 6.07) is 6.93. The minimum absolute atomic E-state index is 0.0148. The molecule has 2 saturated heterocycles. The Morgan fingerprint density at radius 3 is 2.11 bits per heavy atom. The average molecular weight is 650 g/mol. The van der Waals surface area contributed by atoms with Crippen molar-refractivity contribution in [2.24, 2.45) is 11.8 Å². The van der Waals surface area contributed by atoms with Gasteiger partial charge in [0.15, 0.2) is 9.84 Å². The van der Waals surface area contributed by atoms with Crippen molar-refractivity contribution in [2.75, 3.05) is 31.9 Å². The van der Waals surface area contributed by atoms with Gasteiger partial charge in [0.1, 0.15) is 11.2 Å². The molecule has 3 amide bonds. The number of ether oxygens (including phenoxy) is 2. The van der Waals surface area contributed by atoms with Crippen molar-refractivity contribution in [3.8, 4) is 0 Å². The Kier molecular flexibility index (Phi) is 12.4. The van der Waals surface area contributed by atoms with Crippen LogP contribution >= 0.6 is 0 Å². The first-order chi connectivity index (χ1) is 20.9. The number of carbonyl (C=O) groups is 4. The summed E-state index contributed by atoms with van der Waals surface area (Å²) in [6.45, 7) is 12.7. The van der Waals surface area contributed by atoms with Crippen molar-refractivity contribution >= 4 is 33.7 Å². The summed E-state index contributed by atoms with van der Waals surface area (Å²) in [5, 5.41) is 2.80. The highest BCUT2D eigenvalue weighted by Gasteiger charge is 2.33. The van der Waals surface area contributed by atoms with Crippen LogP contribution < -0.4 is 5.32 Å². The predicted molar refractivity (Wildman–Crippen MR) is 170 cm³/mol. The van der Waals surface area contributed by atoms with E-state index >= 15 is 0 Å². The van der Waals surface area contributed by atoms with Crippen LogP contribution in [0.5, 0.6) is 0 Å². The normalized spacial score (nSPS) is 19.0. The average Bonchev–Trinajstić information content (AvgIpc) is 2.94. The molecular formula is C33H51N3O8S. The fourth-order valence-electron chi connectivity index (χ4n) is 5.68. The summed E-state index contributed by atoms with van der Waals surface area (Å²) in [6.07, 6.45) is 3.30. The molecule has 1 aromatic carbocycles. The van der Waals surface area contributed by atoms with Crippen molar-refractivity contribution in [2.45, 2.75) is 109 Å². The van der Waals surface area contributed by atoms with E-state index < -0.39 is 44.7 Å². The second-order valence-corrected chi connectivity index (χ2v) is 16.3. The van der Waals surface area contributed by atoms with E-state index in [2.05, 4.69) is 5.32 Å². The topological polar surface area (TPSA) is 139 Å². The Labute approximate surface area is 268 Å². The van der Waals surface area contributed by atoms with E-state index in [0.717, 1.165) is 12.8 Å². The quantitative estimate of drug-likeness (QED) is 0.370. The smallest absolute Gasteiger partial charge is 0.410 e. The van der Waals surface area contributed by atoms with E-state index in [1.807, 2.05) is 20.8 Å². The number of nitrogens with one attached hydrogen (secondary N) is 1. The van der Waals surface area contributed by atoms with E-state index in [9.17, 15) is 27.6 Å². The van der Waals surface area contributed by atoms with E-state index in [1.54, 1.807) is 48.8 Å². The lowest BCUT2D eigenvalue weighted by Gasteiger charge is -2.35. The molecule has 0 bridgehead atoms. The van der Waals surface area contributed by atoms with Crippen molar-refractivity contribution in [3.63, 3.8) is 0 Å².